The SMILES string of the molecule is CCCC(=O)OC(C)OC(=O)[C@H](O)C(C)(C)COS(=O)(=O)CCCNC(C)=O. The maximum absolute atomic E-state index is 12.0. The Bertz CT molecular complexity index is 631. The van der Waals surface area contributed by atoms with Crippen LogP contribution in [0.3, 0.4) is 0 Å². The molecular formula is C17H31NO9S. The summed E-state index contributed by atoms with van der Waals surface area (Å²) < 4.78 is 38.4. The van der Waals surface area contributed by atoms with Gasteiger partial charge in [0.05, 0.1) is 12.4 Å². The molecule has 164 valence electrons. The van der Waals surface area contributed by atoms with Gasteiger partial charge in [0.25, 0.3) is 10.1 Å². The molecule has 0 aliphatic carbocycles. The van der Waals surface area contributed by atoms with Crippen molar-refractivity contribution in [3.05, 3.63) is 0 Å². The normalized spacial score (nSPS) is 14.1. The first kappa shape index (κ1) is 26.3. The molecule has 0 fully saturated rings. The molecule has 0 aliphatic heterocycles. The van der Waals surface area contributed by atoms with Crippen molar-refractivity contribution in [1.82, 2.24) is 5.32 Å². The van der Waals surface area contributed by atoms with Gasteiger partial charge in [-0.05, 0) is 12.8 Å². The topological polar surface area (TPSA) is 145 Å². The first-order valence-corrected chi connectivity index (χ1v) is 10.6. The number of nitrogens with one attached hydrogen (secondary N) is 1. The van der Waals surface area contributed by atoms with E-state index in [1.807, 2.05) is 0 Å². The number of carbonyl (C=O) groups excluding carboxylic acids is 3. The van der Waals surface area contributed by atoms with E-state index in [1.165, 1.54) is 27.7 Å². The van der Waals surface area contributed by atoms with Crippen molar-refractivity contribution < 1.29 is 41.6 Å². The first-order valence-electron chi connectivity index (χ1n) is 9.00. The molecule has 0 aromatic rings. The largest absolute Gasteiger partial charge is 0.425 e. The standard InChI is InChI=1S/C17H31NO9S/c1-6-8-14(20)26-13(3)27-16(22)15(21)17(4,5)11-25-28(23,24)10-7-9-18-12(2)19/h13,15,21H,6-11H2,1-5H3,(H,18,19)/t13?,15-/m0/s1. The second-order valence-corrected chi connectivity index (χ2v) is 8.76. The Morgan fingerprint density at radius 1 is 1.18 bits per heavy atom. The number of aliphatic hydroxyl groups is 1. The molecule has 0 saturated carbocycles. The van der Waals surface area contributed by atoms with Gasteiger partial charge in [0.2, 0.25) is 12.2 Å². The number of hydrogen-bond donors (Lipinski definition) is 2. The third-order valence-electron chi connectivity index (χ3n) is 3.55. The highest BCUT2D eigenvalue weighted by molar-refractivity contribution is 7.86. The van der Waals surface area contributed by atoms with Crippen LogP contribution in [-0.4, -0.2) is 62.7 Å². The third-order valence-corrected chi connectivity index (χ3v) is 4.82. The van der Waals surface area contributed by atoms with Crippen molar-refractivity contribution in [2.75, 3.05) is 18.9 Å². The lowest BCUT2D eigenvalue weighted by molar-refractivity contribution is -0.195. The Morgan fingerprint density at radius 3 is 2.32 bits per heavy atom. The van der Waals surface area contributed by atoms with E-state index in [9.17, 15) is 27.9 Å². The fraction of sp³-hybridized carbons (Fsp3) is 0.824. The lowest BCUT2D eigenvalue weighted by atomic mass is 9.88. The van der Waals surface area contributed by atoms with Gasteiger partial charge in [0, 0.05) is 32.2 Å². The minimum Gasteiger partial charge on any atom is -0.425 e. The second kappa shape index (κ2) is 12.0. The van der Waals surface area contributed by atoms with Crippen LogP contribution in [0.4, 0.5) is 0 Å². The molecular weight excluding hydrogens is 394 g/mol. The molecule has 0 aromatic heterocycles. The van der Waals surface area contributed by atoms with E-state index >= 15 is 0 Å². The predicted molar refractivity (Wildman–Crippen MR) is 99.4 cm³/mol. The zero-order chi connectivity index (χ0) is 22.0. The van der Waals surface area contributed by atoms with Gasteiger partial charge < -0.3 is 19.9 Å². The van der Waals surface area contributed by atoms with Gasteiger partial charge in [0.15, 0.2) is 6.10 Å². The molecule has 0 spiro atoms. The van der Waals surface area contributed by atoms with Crippen LogP contribution in [0.1, 0.15) is 53.9 Å². The number of hydrogen-bond acceptors (Lipinski definition) is 9. The Balaban J connectivity index is 4.55. The number of ether oxygens (including phenoxy) is 2. The highest BCUT2D eigenvalue weighted by atomic mass is 32.2. The molecule has 0 aromatic carbocycles. The summed E-state index contributed by atoms with van der Waals surface area (Å²) in [5, 5.41) is 12.6. The summed E-state index contributed by atoms with van der Waals surface area (Å²) in [7, 11) is -3.90. The molecule has 0 radical (unpaired) electrons. The quantitative estimate of drug-likeness (QED) is 0.186. The Hall–Kier alpha value is -1.72. The average Bonchev–Trinajstić information content (AvgIpc) is 2.56. The number of amides is 1. The number of carbonyl (C=O) groups is 3. The first-order chi connectivity index (χ1) is 12.8. The zero-order valence-electron chi connectivity index (χ0n) is 17.0. The van der Waals surface area contributed by atoms with Gasteiger partial charge in [-0.3, -0.25) is 13.8 Å². The van der Waals surface area contributed by atoms with Gasteiger partial charge in [0.1, 0.15) is 0 Å². The molecule has 2 atom stereocenters. The summed E-state index contributed by atoms with van der Waals surface area (Å²) in [6.07, 6.45) is -1.98. The number of aliphatic hydroxyl groups excluding tert-OH is 1. The van der Waals surface area contributed by atoms with Crippen LogP contribution in [0.2, 0.25) is 0 Å². The van der Waals surface area contributed by atoms with E-state index in [1.54, 1.807) is 6.92 Å². The van der Waals surface area contributed by atoms with E-state index < -0.39 is 46.5 Å². The van der Waals surface area contributed by atoms with Crippen molar-refractivity contribution in [2.24, 2.45) is 5.41 Å². The van der Waals surface area contributed by atoms with Gasteiger partial charge in [-0.1, -0.05) is 20.8 Å². The van der Waals surface area contributed by atoms with Crippen LogP contribution in [0.5, 0.6) is 0 Å². The van der Waals surface area contributed by atoms with Gasteiger partial charge in [-0.25, -0.2) is 4.79 Å². The second-order valence-electron chi connectivity index (χ2n) is 7.00. The number of esters is 2. The van der Waals surface area contributed by atoms with Gasteiger partial charge in [-0.15, -0.1) is 0 Å². The van der Waals surface area contributed by atoms with Gasteiger partial charge >= 0.3 is 11.9 Å². The molecule has 0 saturated heterocycles. The summed E-state index contributed by atoms with van der Waals surface area (Å²) in [4.78, 5) is 34.1. The highest BCUT2D eigenvalue weighted by Gasteiger charge is 2.37. The summed E-state index contributed by atoms with van der Waals surface area (Å²) in [6.45, 7) is 7.03. The van der Waals surface area contributed by atoms with Crippen molar-refractivity contribution in [1.29, 1.82) is 0 Å². The van der Waals surface area contributed by atoms with Crippen molar-refractivity contribution in [3.63, 3.8) is 0 Å². The lowest BCUT2D eigenvalue weighted by Crippen LogP contribution is -2.43. The molecule has 11 heteroatoms. The predicted octanol–water partition coefficient (Wildman–Crippen LogP) is 0.479. The summed E-state index contributed by atoms with van der Waals surface area (Å²) in [5.41, 5.74) is -1.28. The maximum atomic E-state index is 12.0. The van der Waals surface area contributed by atoms with Crippen molar-refractivity contribution in [3.8, 4) is 0 Å². The van der Waals surface area contributed by atoms with E-state index in [2.05, 4.69) is 5.32 Å². The molecule has 2 N–H and O–H groups in total. The van der Waals surface area contributed by atoms with Crippen LogP contribution in [-0.2, 0) is 38.2 Å². The summed E-state index contributed by atoms with van der Waals surface area (Å²) in [6, 6.07) is 0. The third kappa shape index (κ3) is 11.2. The smallest absolute Gasteiger partial charge is 0.338 e. The Kier molecular flexibility index (Phi) is 11.2. The van der Waals surface area contributed by atoms with E-state index in [-0.39, 0.29) is 31.0 Å². The van der Waals surface area contributed by atoms with Crippen LogP contribution < -0.4 is 5.32 Å². The van der Waals surface area contributed by atoms with Crippen LogP contribution in [0.25, 0.3) is 0 Å². The Labute approximate surface area is 166 Å². The number of rotatable bonds is 13. The molecule has 0 bridgehead atoms. The molecule has 1 unspecified atom stereocenters. The van der Waals surface area contributed by atoms with Gasteiger partial charge in [-0.2, -0.15) is 8.42 Å². The fourth-order valence-corrected chi connectivity index (χ4v) is 3.01. The minimum atomic E-state index is -3.90. The van der Waals surface area contributed by atoms with E-state index in [0.29, 0.717) is 6.42 Å². The van der Waals surface area contributed by atoms with Crippen LogP contribution >= 0.6 is 0 Å². The molecule has 10 nitrogen and oxygen atoms in total. The summed E-state index contributed by atoms with van der Waals surface area (Å²) in [5.74, 6) is -2.19. The monoisotopic (exact) mass is 425 g/mol. The van der Waals surface area contributed by atoms with Crippen LogP contribution in [0.15, 0.2) is 0 Å². The van der Waals surface area contributed by atoms with Crippen molar-refractivity contribution >= 4 is 28.0 Å². The fourth-order valence-electron chi connectivity index (χ4n) is 1.91. The van der Waals surface area contributed by atoms with Crippen molar-refractivity contribution in [2.45, 2.75) is 66.3 Å². The summed E-state index contributed by atoms with van der Waals surface area (Å²) >= 11 is 0. The lowest BCUT2D eigenvalue weighted by Gasteiger charge is -2.29. The molecule has 0 heterocycles. The van der Waals surface area contributed by atoms with E-state index in [0.717, 1.165) is 0 Å². The molecule has 0 rings (SSSR count). The van der Waals surface area contributed by atoms with E-state index in [4.69, 9.17) is 13.7 Å². The molecule has 0 aliphatic rings. The highest BCUT2D eigenvalue weighted by Crippen LogP contribution is 2.24. The average molecular weight is 426 g/mol. The zero-order valence-corrected chi connectivity index (χ0v) is 17.8. The molecule has 1 amide bonds. The minimum absolute atomic E-state index is 0.160. The Morgan fingerprint density at radius 2 is 1.79 bits per heavy atom. The maximum Gasteiger partial charge on any atom is 0.338 e. The van der Waals surface area contributed by atoms with Crippen LogP contribution in [0, 0.1) is 5.41 Å². The molecule has 28 heavy (non-hydrogen) atoms.